The largest absolute Gasteiger partial charge is 0.314 e. The van der Waals surface area contributed by atoms with Gasteiger partial charge in [0.2, 0.25) is 0 Å². The van der Waals surface area contributed by atoms with Crippen molar-refractivity contribution in [1.82, 2.24) is 10.2 Å². The molecule has 0 amide bonds. The third kappa shape index (κ3) is 2.75. The van der Waals surface area contributed by atoms with Crippen LogP contribution < -0.4 is 5.32 Å². The van der Waals surface area contributed by atoms with Gasteiger partial charge in [-0.2, -0.15) is 0 Å². The zero-order chi connectivity index (χ0) is 13.1. The first-order chi connectivity index (χ1) is 8.71. The Morgan fingerprint density at radius 1 is 1.06 bits per heavy atom. The van der Waals surface area contributed by atoms with Gasteiger partial charge in [-0.05, 0) is 45.1 Å². The molecule has 2 aliphatic rings. The standard InChI is InChI=1S/C16H32N2/c1-5-13(6-2)12(4)18-15-8-9-16(18)11-14(10-15)17-7-3/h12-17H,5-11H2,1-4H3. The van der Waals surface area contributed by atoms with Crippen LogP contribution in [0.4, 0.5) is 0 Å². The summed E-state index contributed by atoms with van der Waals surface area (Å²) in [6.07, 6.45) is 8.33. The number of nitrogens with one attached hydrogen (secondary N) is 1. The molecule has 0 radical (unpaired) electrons. The number of fused-ring (bicyclic) bond motifs is 2. The predicted molar refractivity (Wildman–Crippen MR) is 78.9 cm³/mol. The van der Waals surface area contributed by atoms with Gasteiger partial charge in [0.25, 0.3) is 0 Å². The van der Waals surface area contributed by atoms with Gasteiger partial charge in [0, 0.05) is 24.2 Å². The average Bonchev–Trinajstić information content (AvgIpc) is 2.63. The van der Waals surface area contributed by atoms with E-state index in [1.54, 1.807) is 0 Å². The van der Waals surface area contributed by atoms with Crippen LogP contribution in [0.2, 0.25) is 0 Å². The van der Waals surface area contributed by atoms with Gasteiger partial charge in [-0.15, -0.1) is 0 Å². The Kier molecular flexibility index (Phi) is 5.08. The minimum absolute atomic E-state index is 0.789. The highest BCUT2D eigenvalue weighted by Gasteiger charge is 2.43. The van der Waals surface area contributed by atoms with E-state index in [2.05, 4.69) is 37.9 Å². The molecule has 18 heavy (non-hydrogen) atoms. The summed E-state index contributed by atoms with van der Waals surface area (Å²) >= 11 is 0. The lowest BCUT2D eigenvalue weighted by Gasteiger charge is -2.45. The average molecular weight is 252 g/mol. The van der Waals surface area contributed by atoms with E-state index < -0.39 is 0 Å². The number of rotatable bonds is 6. The van der Waals surface area contributed by atoms with Crippen molar-refractivity contribution in [1.29, 1.82) is 0 Å². The third-order valence-electron chi connectivity index (χ3n) is 5.48. The molecule has 2 rings (SSSR count). The molecule has 2 aliphatic heterocycles. The second-order valence-corrected chi connectivity index (χ2v) is 6.38. The zero-order valence-electron chi connectivity index (χ0n) is 12.8. The van der Waals surface area contributed by atoms with Crippen LogP contribution in [0.3, 0.4) is 0 Å². The lowest BCUT2D eigenvalue weighted by molar-refractivity contribution is 0.0473. The van der Waals surface area contributed by atoms with Crippen molar-refractivity contribution in [2.24, 2.45) is 5.92 Å². The van der Waals surface area contributed by atoms with E-state index in [1.165, 1.54) is 38.5 Å². The Balaban J connectivity index is 1.99. The summed E-state index contributed by atoms with van der Waals surface area (Å²) in [5.74, 6) is 0.892. The van der Waals surface area contributed by atoms with Crippen LogP contribution in [0.5, 0.6) is 0 Å². The summed E-state index contributed by atoms with van der Waals surface area (Å²) in [7, 11) is 0. The molecule has 0 aromatic heterocycles. The third-order valence-corrected chi connectivity index (χ3v) is 5.48. The first kappa shape index (κ1) is 14.3. The summed E-state index contributed by atoms with van der Waals surface area (Å²) in [5, 5.41) is 3.68. The van der Waals surface area contributed by atoms with Crippen molar-refractivity contribution in [2.75, 3.05) is 6.54 Å². The Hall–Kier alpha value is -0.0800. The zero-order valence-corrected chi connectivity index (χ0v) is 12.8. The molecule has 0 aromatic carbocycles. The number of nitrogens with zero attached hydrogens (tertiary/aromatic N) is 1. The van der Waals surface area contributed by atoms with Crippen LogP contribution in [-0.4, -0.2) is 35.6 Å². The topological polar surface area (TPSA) is 15.3 Å². The summed E-state index contributed by atoms with van der Waals surface area (Å²) in [5.41, 5.74) is 0. The molecule has 2 bridgehead atoms. The van der Waals surface area contributed by atoms with E-state index in [1.807, 2.05) is 0 Å². The van der Waals surface area contributed by atoms with Gasteiger partial charge in [-0.3, -0.25) is 4.90 Å². The van der Waals surface area contributed by atoms with Gasteiger partial charge in [0.05, 0.1) is 0 Å². The first-order valence-corrected chi connectivity index (χ1v) is 8.21. The molecule has 0 saturated carbocycles. The van der Waals surface area contributed by atoms with Crippen molar-refractivity contribution < 1.29 is 0 Å². The molecule has 2 fully saturated rings. The van der Waals surface area contributed by atoms with E-state index in [-0.39, 0.29) is 0 Å². The van der Waals surface area contributed by atoms with Gasteiger partial charge in [0.1, 0.15) is 0 Å². The van der Waals surface area contributed by atoms with Gasteiger partial charge in [0.15, 0.2) is 0 Å². The van der Waals surface area contributed by atoms with Crippen molar-refractivity contribution in [3.63, 3.8) is 0 Å². The quantitative estimate of drug-likeness (QED) is 0.779. The SMILES string of the molecule is CCNC1CC2CCC(C1)N2C(C)C(CC)CC. The van der Waals surface area contributed by atoms with Crippen molar-refractivity contribution in [3.05, 3.63) is 0 Å². The molecule has 0 aromatic rings. The highest BCUT2D eigenvalue weighted by molar-refractivity contribution is 5.00. The number of hydrogen-bond donors (Lipinski definition) is 1. The molecule has 2 heterocycles. The summed E-state index contributed by atoms with van der Waals surface area (Å²) in [6.45, 7) is 10.6. The smallest absolute Gasteiger partial charge is 0.0116 e. The second kappa shape index (κ2) is 6.38. The van der Waals surface area contributed by atoms with Crippen LogP contribution in [0.1, 0.15) is 66.2 Å². The molecular weight excluding hydrogens is 220 g/mol. The highest BCUT2D eigenvalue weighted by Crippen LogP contribution is 2.39. The molecule has 0 spiro atoms. The lowest BCUT2D eigenvalue weighted by Crippen LogP contribution is -2.54. The van der Waals surface area contributed by atoms with Gasteiger partial charge >= 0.3 is 0 Å². The first-order valence-electron chi connectivity index (χ1n) is 8.21. The van der Waals surface area contributed by atoms with Crippen LogP contribution >= 0.6 is 0 Å². The Morgan fingerprint density at radius 3 is 2.06 bits per heavy atom. The summed E-state index contributed by atoms with van der Waals surface area (Å²) in [4.78, 5) is 2.89. The normalized spacial score (nSPS) is 34.2. The van der Waals surface area contributed by atoms with E-state index in [0.29, 0.717) is 0 Å². The van der Waals surface area contributed by atoms with Gasteiger partial charge < -0.3 is 5.32 Å². The summed E-state index contributed by atoms with van der Waals surface area (Å²) < 4.78 is 0. The molecule has 2 saturated heterocycles. The monoisotopic (exact) mass is 252 g/mol. The number of hydrogen-bond acceptors (Lipinski definition) is 2. The van der Waals surface area contributed by atoms with E-state index in [4.69, 9.17) is 0 Å². The van der Waals surface area contributed by atoms with Crippen molar-refractivity contribution in [3.8, 4) is 0 Å². The molecule has 106 valence electrons. The maximum Gasteiger partial charge on any atom is 0.0116 e. The fraction of sp³-hybridized carbons (Fsp3) is 1.00. The second-order valence-electron chi connectivity index (χ2n) is 6.38. The van der Waals surface area contributed by atoms with Crippen molar-refractivity contribution >= 4 is 0 Å². The molecular formula is C16H32N2. The Labute approximate surface area is 114 Å². The van der Waals surface area contributed by atoms with Crippen LogP contribution in [0, 0.1) is 5.92 Å². The van der Waals surface area contributed by atoms with Gasteiger partial charge in [-0.1, -0.05) is 33.6 Å². The fourth-order valence-electron chi connectivity index (χ4n) is 4.55. The molecule has 1 N–H and O–H groups in total. The maximum absolute atomic E-state index is 3.68. The molecule has 3 atom stereocenters. The summed E-state index contributed by atoms with van der Waals surface area (Å²) in [6, 6.07) is 3.31. The van der Waals surface area contributed by atoms with Crippen LogP contribution in [0.25, 0.3) is 0 Å². The van der Waals surface area contributed by atoms with Crippen LogP contribution in [0.15, 0.2) is 0 Å². The molecule has 3 unspecified atom stereocenters. The highest BCUT2D eigenvalue weighted by atomic mass is 15.3. The predicted octanol–water partition coefficient (Wildman–Crippen LogP) is 3.42. The van der Waals surface area contributed by atoms with Crippen LogP contribution in [-0.2, 0) is 0 Å². The van der Waals surface area contributed by atoms with E-state index >= 15 is 0 Å². The molecule has 2 heteroatoms. The van der Waals surface area contributed by atoms with E-state index in [9.17, 15) is 0 Å². The minimum atomic E-state index is 0.789. The fourth-order valence-corrected chi connectivity index (χ4v) is 4.55. The van der Waals surface area contributed by atoms with Crippen molar-refractivity contribution in [2.45, 2.75) is 90.4 Å². The lowest BCUT2D eigenvalue weighted by atomic mass is 9.89. The Bertz CT molecular complexity index is 235. The van der Waals surface area contributed by atoms with Gasteiger partial charge in [-0.25, -0.2) is 0 Å². The molecule has 0 aliphatic carbocycles. The minimum Gasteiger partial charge on any atom is -0.314 e. The number of piperidine rings is 1. The van der Waals surface area contributed by atoms with E-state index in [0.717, 1.165) is 36.6 Å². The Morgan fingerprint density at radius 2 is 1.61 bits per heavy atom. The molecule has 2 nitrogen and oxygen atoms in total. The maximum atomic E-state index is 3.68.